The van der Waals surface area contributed by atoms with Crippen LogP contribution in [0.15, 0.2) is 16.5 Å². The number of nitrogen functional groups attached to an aromatic ring is 1. The van der Waals surface area contributed by atoms with Gasteiger partial charge in [0.25, 0.3) is 6.01 Å². The second-order valence-electron chi connectivity index (χ2n) is 3.98. The first kappa shape index (κ1) is 12.8. The molecule has 4 nitrogen and oxygen atoms in total. The number of benzene rings is 1. The van der Waals surface area contributed by atoms with Crippen molar-refractivity contribution in [3.05, 3.63) is 28.4 Å². The molecule has 2 N–H and O–H groups in total. The maximum Gasteiger partial charge on any atom is 0.292 e. The van der Waals surface area contributed by atoms with Crippen molar-refractivity contribution >= 4 is 17.6 Å². The molecule has 1 aromatic carbocycles. The van der Waals surface area contributed by atoms with Crippen molar-refractivity contribution in [2.24, 2.45) is 0 Å². The van der Waals surface area contributed by atoms with Gasteiger partial charge in [-0.25, -0.2) is 0 Å². The molecule has 0 aliphatic rings. The standard InChI is InChI=1S/C13H15ClN2O2/c1-4-10-12(18-13(15)16-10)8-6-9(14)7(2)5-11(8)17-3/h5-6H,4H2,1-3H3,(H2,15,16). The largest absolute Gasteiger partial charge is 0.496 e. The van der Waals surface area contributed by atoms with Crippen molar-refractivity contribution in [1.82, 2.24) is 4.98 Å². The fourth-order valence-electron chi connectivity index (χ4n) is 1.82. The minimum absolute atomic E-state index is 0.153. The number of hydrogen-bond donors (Lipinski definition) is 1. The molecule has 0 aliphatic carbocycles. The van der Waals surface area contributed by atoms with Crippen molar-refractivity contribution in [2.45, 2.75) is 20.3 Å². The fraction of sp³-hybridized carbons (Fsp3) is 0.308. The minimum atomic E-state index is 0.153. The highest BCUT2D eigenvalue weighted by Gasteiger charge is 2.17. The van der Waals surface area contributed by atoms with Crippen LogP contribution in [-0.4, -0.2) is 12.1 Å². The number of anilines is 1. The second kappa shape index (κ2) is 4.90. The van der Waals surface area contributed by atoms with Crippen LogP contribution in [0.2, 0.25) is 5.02 Å². The van der Waals surface area contributed by atoms with E-state index in [0.29, 0.717) is 16.5 Å². The summed E-state index contributed by atoms with van der Waals surface area (Å²) in [6, 6.07) is 3.84. The number of methoxy groups -OCH3 is 1. The number of ether oxygens (including phenoxy) is 1. The molecule has 0 fully saturated rings. The number of halogens is 1. The van der Waals surface area contributed by atoms with Crippen LogP contribution in [0.25, 0.3) is 11.3 Å². The number of hydrogen-bond acceptors (Lipinski definition) is 4. The molecular weight excluding hydrogens is 252 g/mol. The predicted molar refractivity (Wildman–Crippen MR) is 72.0 cm³/mol. The van der Waals surface area contributed by atoms with E-state index in [0.717, 1.165) is 23.2 Å². The molecule has 2 aromatic rings. The summed E-state index contributed by atoms with van der Waals surface area (Å²) >= 11 is 6.15. The van der Waals surface area contributed by atoms with Crippen LogP contribution in [0.1, 0.15) is 18.2 Å². The first-order valence-electron chi connectivity index (χ1n) is 5.66. The van der Waals surface area contributed by atoms with E-state index in [-0.39, 0.29) is 6.01 Å². The lowest BCUT2D eigenvalue weighted by atomic mass is 10.1. The zero-order valence-corrected chi connectivity index (χ0v) is 11.3. The van der Waals surface area contributed by atoms with Gasteiger partial charge in [0.15, 0.2) is 5.76 Å². The highest BCUT2D eigenvalue weighted by molar-refractivity contribution is 6.31. The van der Waals surface area contributed by atoms with E-state index in [1.54, 1.807) is 7.11 Å². The van der Waals surface area contributed by atoms with Crippen molar-refractivity contribution in [3.63, 3.8) is 0 Å². The van der Waals surface area contributed by atoms with E-state index < -0.39 is 0 Å². The van der Waals surface area contributed by atoms with Gasteiger partial charge in [-0.05, 0) is 31.0 Å². The fourth-order valence-corrected chi connectivity index (χ4v) is 1.99. The number of nitrogens with two attached hydrogens (primary N) is 1. The van der Waals surface area contributed by atoms with Gasteiger partial charge < -0.3 is 14.9 Å². The van der Waals surface area contributed by atoms with Gasteiger partial charge in [-0.1, -0.05) is 18.5 Å². The van der Waals surface area contributed by atoms with Gasteiger partial charge >= 0.3 is 0 Å². The monoisotopic (exact) mass is 266 g/mol. The molecule has 1 heterocycles. The first-order valence-corrected chi connectivity index (χ1v) is 6.04. The SMILES string of the molecule is CCc1nc(N)oc1-c1cc(Cl)c(C)cc1OC. The van der Waals surface area contributed by atoms with Crippen LogP contribution in [0, 0.1) is 6.92 Å². The Kier molecular flexibility index (Phi) is 3.48. The number of oxazole rings is 1. The average molecular weight is 267 g/mol. The topological polar surface area (TPSA) is 61.3 Å². The summed E-state index contributed by atoms with van der Waals surface area (Å²) in [6.45, 7) is 3.91. The quantitative estimate of drug-likeness (QED) is 0.924. The highest BCUT2D eigenvalue weighted by Crippen LogP contribution is 2.37. The molecule has 5 heteroatoms. The summed E-state index contributed by atoms with van der Waals surface area (Å²) in [5.74, 6) is 1.32. The summed E-state index contributed by atoms with van der Waals surface area (Å²) in [5, 5.41) is 0.655. The molecular formula is C13H15ClN2O2. The maximum atomic E-state index is 6.15. The summed E-state index contributed by atoms with van der Waals surface area (Å²) in [7, 11) is 1.61. The molecule has 1 aromatic heterocycles. The lowest BCUT2D eigenvalue weighted by molar-refractivity contribution is 0.414. The Morgan fingerprint density at radius 3 is 2.78 bits per heavy atom. The van der Waals surface area contributed by atoms with Gasteiger partial charge in [0.2, 0.25) is 0 Å². The lowest BCUT2D eigenvalue weighted by Crippen LogP contribution is -1.92. The Morgan fingerprint density at radius 1 is 1.44 bits per heavy atom. The van der Waals surface area contributed by atoms with E-state index >= 15 is 0 Å². The van der Waals surface area contributed by atoms with Gasteiger partial charge in [-0.3, -0.25) is 0 Å². The van der Waals surface area contributed by atoms with E-state index in [1.165, 1.54) is 0 Å². The molecule has 0 amide bonds. The molecule has 2 rings (SSSR count). The van der Waals surface area contributed by atoms with Crippen LogP contribution in [0.5, 0.6) is 5.75 Å². The number of aromatic nitrogens is 1. The van der Waals surface area contributed by atoms with Crippen molar-refractivity contribution < 1.29 is 9.15 Å². The summed E-state index contributed by atoms with van der Waals surface area (Å²) in [5.41, 5.74) is 8.12. The number of aryl methyl sites for hydroxylation is 2. The van der Waals surface area contributed by atoms with Crippen molar-refractivity contribution in [3.8, 4) is 17.1 Å². The highest BCUT2D eigenvalue weighted by atomic mass is 35.5. The van der Waals surface area contributed by atoms with Crippen LogP contribution in [0.4, 0.5) is 6.01 Å². The molecule has 0 saturated carbocycles. The Bertz CT molecular complexity index is 579. The number of nitrogens with zero attached hydrogens (tertiary/aromatic N) is 1. The van der Waals surface area contributed by atoms with E-state index in [1.807, 2.05) is 26.0 Å². The lowest BCUT2D eigenvalue weighted by Gasteiger charge is -2.09. The summed E-state index contributed by atoms with van der Waals surface area (Å²) in [6.07, 6.45) is 0.727. The third-order valence-corrected chi connectivity index (χ3v) is 3.18. The molecule has 18 heavy (non-hydrogen) atoms. The van der Waals surface area contributed by atoms with Crippen LogP contribution >= 0.6 is 11.6 Å². The molecule has 0 unspecified atom stereocenters. The maximum absolute atomic E-state index is 6.15. The van der Waals surface area contributed by atoms with Crippen molar-refractivity contribution in [1.29, 1.82) is 0 Å². The normalized spacial score (nSPS) is 10.7. The predicted octanol–water partition coefficient (Wildman–Crippen LogP) is 3.46. The zero-order chi connectivity index (χ0) is 13.3. The van der Waals surface area contributed by atoms with Crippen LogP contribution in [-0.2, 0) is 6.42 Å². The Hall–Kier alpha value is -1.68. The van der Waals surface area contributed by atoms with Crippen LogP contribution < -0.4 is 10.5 Å². The van der Waals surface area contributed by atoms with E-state index in [2.05, 4.69) is 4.98 Å². The molecule has 96 valence electrons. The van der Waals surface area contributed by atoms with E-state index in [9.17, 15) is 0 Å². The molecule has 0 atom stereocenters. The molecule has 0 spiro atoms. The minimum Gasteiger partial charge on any atom is -0.496 e. The Balaban J connectivity index is 2.65. The first-order chi connectivity index (χ1) is 8.56. The molecule has 0 saturated heterocycles. The van der Waals surface area contributed by atoms with Crippen LogP contribution in [0.3, 0.4) is 0 Å². The van der Waals surface area contributed by atoms with Crippen molar-refractivity contribution in [2.75, 3.05) is 12.8 Å². The van der Waals surface area contributed by atoms with Gasteiger partial charge in [-0.15, -0.1) is 0 Å². The Morgan fingerprint density at radius 2 is 2.17 bits per heavy atom. The van der Waals surface area contributed by atoms with E-state index in [4.69, 9.17) is 26.5 Å². The van der Waals surface area contributed by atoms with Gasteiger partial charge in [0.05, 0.1) is 18.4 Å². The third-order valence-electron chi connectivity index (χ3n) is 2.77. The molecule has 0 radical (unpaired) electrons. The zero-order valence-electron chi connectivity index (χ0n) is 10.6. The molecule has 0 bridgehead atoms. The van der Waals surface area contributed by atoms with Gasteiger partial charge in [0, 0.05) is 5.02 Å². The Labute approximate surface area is 111 Å². The number of rotatable bonds is 3. The smallest absolute Gasteiger partial charge is 0.292 e. The van der Waals surface area contributed by atoms with Gasteiger partial charge in [0.1, 0.15) is 5.75 Å². The molecule has 0 aliphatic heterocycles. The summed E-state index contributed by atoms with van der Waals surface area (Å²) < 4.78 is 10.8. The third kappa shape index (κ3) is 2.16. The van der Waals surface area contributed by atoms with Gasteiger partial charge in [-0.2, -0.15) is 4.98 Å². The second-order valence-corrected chi connectivity index (χ2v) is 4.39. The summed E-state index contributed by atoms with van der Waals surface area (Å²) in [4.78, 5) is 4.15. The average Bonchev–Trinajstić information content (AvgIpc) is 2.73.